The number of carbonyl (C=O) groups is 1. The molecule has 0 spiro atoms. The topological polar surface area (TPSA) is 49.4 Å². The molecule has 2 rings (SSSR count). The van der Waals surface area contributed by atoms with Crippen molar-refractivity contribution in [2.45, 2.75) is 32.6 Å². The lowest BCUT2D eigenvalue weighted by molar-refractivity contribution is -0.897. The van der Waals surface area contributed by atoms with E-state index in [4.69, 9.17) is 27.9 Å². The molecule has 1 aromatic carbocycles. The second-order valence-electron chi connectivity index (χ2n) is 6.09. The van der Waals surface area contributed by atoms with Crippen LogP contribution in [0.5, 0.6) is 5.75 Å². The van der Waals surface area contributed by atoms with Crippen molar-refractivity contribution in [3.8, 4) is 5.75 Å². The summed E-state index contributed by atoms with van der Waals surface area (Å²) in [6.45, 7) is 6.03. The number of ether oxygens (including phenoxy) is 1. The Morgan fingerprint density at radius 1 is 1.30 bits per heavy atom. The van der Waals surface area contributed by atoms with Gasteiger partial charge in [0.1, 0.15) is 12.4 Å². The first-order valence-corrected chi connectivity index (χ1v) is 8.73. The fourth-order valence-electron chi connectivity index (χ4n) is 2.59. The Morgan fingerprint density at radius 2 is 1.96 bits per heavy atom. The molecule has 4 nitrogen and oxygen atoms in total. The molecule has 1 heterocycles. The summed E-state index contributed by atoms with van der Waals surface area (Å²) in [4.78, 5) is 10.0. The maximum Gasteiger partial charge on any atom is 0.138 e. The standard InChI is InChI=1S/C9H20N.C8H6Cl2O3/c1-3-4-7-10(2)8-5-6-9-10;9-5-1-2-7(6(10)3-5)13-4-8(11)12/h3-9H2,1-2H3;1-3H,4H2,(H,11,12)/q+1;/p-1. The molecule has 1 aliphatic rings. The van der Waals surface area contributed by atoms with E-state index in [-0.39, 0.29) is 10.8 Å². The Balaban J connectivity index is 0.000000238. The Hall–Kier alpha value is -0.970. The third-order valence-corrected chi connectivity index (χ3v) is 4.47. The quantitative estimate of drug-likeness (QED) is 0.731. The van der Waals surface area contributed by atoms with Crippen LogP contribution in [0.15, 0.2) is 18.2 Å². The van der Waals surface area contributed by atoms with Crippen LogP contribution in [0, 0.1) is 0 Å². The summed E-state index contributed by atoms with van der Waals surface area (Å²) in [7, 11) is 2.41. The first-order chi connectivity index (χ1) is 10.9. The zero-order valence-corrected chi connectivity index (χ0v) is 15.3. The Labute approximate surface area is 148 Å². The number of rotatable bonds is 6. The molecule has 0 aromatic heterocycles. The van der Waals surface area contributed by atoms with Crippen LogP contribution in [-0.2, 0) is 4.79 Å². The fourth-order valence-corrected chi connectivity index (χ4v) is 3.05. The summed E-state index contributed by atoms with van der Waals surface area (Å²) in [6.07, 6.45) is 5.69. The number of benzene rings is 1. The average molecular weight is 362 g/mol. The van der Waals surface area contributed by atoms with Crippen molar-refractivity contribution >= 4 is 29.2 Å². The van der Waals surface area contributed by atoms with E-state index in [1.54, 1.807) is 6.07 Å². The fraction of sp³-hybridized carbons (Fsp3) is 0.588. The van der Waals surface area contributed by atoms with Gasteiger partial charge in [0.25, 0.3) is 0 Å². The molecule has 6 heteroatoms. The van der Waals surface area contributed by atoms with Gasteiger partial charge in [-0.2, -0.15) is 0 Å². The number of carboxylic acid groups (broad SMARTS) is 1. The van der Waals surface area contributed by atoms with E-state index < -0.39 is 12.6 Å². The van der Waals surface area contributed by atoms with E-state index in [9.17, 15) is 9.90 Å². The predicted molar refractivity (Wildman–Crippen MR) is 91.9 cm³/mol. The first kappa shape index (κ1) is 20.1. The predicted octanol–water partition coefficient (Wildman–Crippen LogP) is 3.15. The van der Waals surface area contributed by atoms with Gasteiger partial charge < -0.3 is 19.1 Å². The van der Waals surface area contributed by atoms with Crippen molar-refractivity contribution in [3.63, 3.8) is 0 Å². The van der Waals surface area contributed by atoms with Crippen molar-refractivity contribution in [2.75, 3.05) is 33.3 Å². The molecule has 1 fully saturated rings. The molecular weight excluding hydrogens is 337 g/mol. The van der Waals surface area contributed by atoms with Gasteiger partial charge in [0, 0.05) is 17.9 Å². The van der Waals surface area contributed by atoms with Crippen LogP contribution in [0.2, 0.25) is 10.0 Å². The molecule has 23 heavy (non-hydrogen) atoms. The van der Waals surface area contributed by atoms with E-state index in [0.29, 0.717) is 5.02 Å². The second-order valence-corrected chi connectivity index (χ2v) is 6.93. The van der Waals surface area contributed by atoms with Gasteiger partial charge >= 0.3 is 0 Å². The molecule has 1 aromatic rings. The lowest BCUT2D eigenvalue weighted by atomic mass is 10.3. The van der Waals surface area contributed by atoms with Gasteiger partial charge in [-0.15, -0.1) is 0 Å². The number of aliphatic carboxylic acids is 1. The van der Waals surface area contributed by atoms with E-state index in [1.165, 1.54) is 61.9 Å². The number of quaternary nitrogens is 1. The molecule has 130 valence electrons. The first-order valence-electron chi connectivity index (χ1n) is 7.97. The van der Waals surface area contributed by atoms with Gasteiger partial charge in [-0.3, -0.25) is 0 Å². The van der Waals surface area contributed by atoms with Crippen molar-refractivity contribution in [1.29, 1.82) is 0 Å². The maximum atomic E-state index is 10.0. The number of carboxylic acids is 1. The monoisotopic (exact) mass is 361 g/mol. The molecular formula is C17H25Cl2NO3. The normalized spacial score (nSPS) is 15.7. The number of likely N-dealkylation sites (tertiary alicyclic amines) is 1. The highest BCUT2D eigenvalue weighted by atomic mass is 35.5. The van der Waals surface area contributed by atoms with Gasteiger partial charge in [0.05, 0.1) is 37.7 Å². The van der Waals surface area contributed by atoms with Crippen molar-refractivity contribution in [3.05, 3.63) is 28.2 Å². The SMILES string of the molecule is CCCC[N+]1(C)CCCC1.O=C([O-])COc1ccc(Cl)cc1Cl. The van der Waals surface area contributed by atoms with Gasteiger partial charge in [-0.05, 0) is 24.6 Å². The van der Waals surface area contributed by atoms with Crippen LogP contribution in [0.1, 0.15) is 32.6 Å². The molecule has 0 saturated carbocycles. The molecule has 0 bridgehead atoms. The largest absolute Gasteiger partial charge is 0.546 e. The number of carbonyl (C=O) groups excluding carboxylic acids is 1. The highest BCUT2D eigenvalue weighted by Gasteiger charge is 2.25. The van der Waals surface area contributed by atoms with E-state index in [0.717, 1.165) is 0 Å². The molecule has 1 saturated heterocycles. The molecule has 0 amide bonds. The molecule has 0 atom stereocenters. The zero-order chi connectivity index (χ0) is 17.3. The minimum atomic E-state index is -1.30. The highest BCUT2D eigenvalue weighted by Crippen LogP contribution is 2.27. The summed E-state index contributed by atoms with van der Waals surface area (Å²) in [6, 6.07) is 4.51. The molecule has 0 radical (unpaired) electrons. The zero-order valence-electron chi connectivity index (χ0n) is 13.8. The number of nitrogens with zero attached hydrogens (tertiary/aromatic N) is 1. The van der Waals surface area contributed by atoms with Crippen molar-refractivity contribution in [2.24, 2.45) is 0 Å². The van der Waals surface area contributed by atoms with Crippen LogP contribution < -0.4 is 9.84 Å². The van der Waals surface area contributed by atoms with Crippen LogP contribution in [0.3, 0.4) is 0 Å². The summed E-state index contributed by atoms with van der Waals surface area (Å²) in [5.74, 6) is -1.03. The maximum absolute atomic E-state index is 10.0. The lowest BCUT2D eigenvalue weighted by Gasteiger charge is -2.28. The van der Waals surface area contributed by atoms with Crippen LogP contribution >= 0.6 is 23.2 Å². The van der Waals surface area contributed by atoms with E-state index in [1.807, 2.05) is 0 Å². The lowest BCUT2D eigenvalue weighted by Crippen LogP contribution is -2.41. The summed E-state index contributed by atoms with van der Waals surface area (Å²) >= 11 is 11.3. The molecule has 1 aliphatic heterocycles. The van der Waals surface area contributed by atoms with Crippen LogP contribution in [0.4, 0.5) is 0 Å². The average Bonchev–Trinajstić information content (AvgIpc) is 2.92. The summed E-state index contributed by atoms with van der Waals surface area (Å²) < 4.78 is 6.16. The smallest absolute Gasteiger partial charge is 0.138 e. The summed E-state index contributed by atoms with van der Waals surface area (Å²) in [5, 5.41) is 10.8. The molecule has 0 N–H and O–H groups in total. The van der Waals surface area contributed by atoms with Crippen molar-refractivity contribution in [1.82, 2.24) is 0 Å². The highest BCUT2D eigenvalue weighted by molar-refractivity contribution is 6.35. The third-order valence-electron chi connectivity index (χ3n) is 3.94. The minimum absolute atomic E-state index is 0.272. The van der Waals surface area contributed by atoms with Gasteiger partial charge in [-0.1, -0.05) is 36.5 Å². The Bertz CT molecular complexity index is 503. The van der Waals surface area contributed by atoms with Crippen LogP contribution in [0.25, 0.3) is 0 Å². The number of unbranched alkanes of at least 4 members (excludes halogenated alkanes) is 1. The van der Waals surface area contributed by atoms with Crippen molar-refractivity contribution < 1.29 is 19.1 Å². The van der Waals surface area contributed by atoms with Crippen LogP contribution in [-0.4, -0.2) is 43.7 Å². The second kappa shape index (κ2) is 10.0. The third kappa shape index (κ3) is 7.91. The van der Waals surface area contributed by atoms with Gasteiger partial charge in [0.2, 0.25) is 0 Å². The minimum Gasteiger partial charge on any atom is -0.546 e. The van der Waals surface area contributed by atoms with Gasteiger partial charge in [0.15, 0.2) is 0 Å². The number of hydrogen-bond acceptors (Lipinski definition) is 3. The van der Waals surface area contributed by atoms with E-state index >= 15 is 0 Å². The van der Waals surface area contributed by atoms with Gasteiger partial charge in [-0.25, -0.2) is 0 Å². The Kier molecular flexibility index (Phi) is 8.74. The molecule has 0 aliphatic carbocycles. The van der Waals surface area contributed by atoms with E-state index in [2.05, 4.69) is 14.0 Å². The molecule has 0 unspecified atom stereocenters. The summed E-state index contributed by atoms with van der Waals surface area (Å²) in [5.41, 5.74) is 0. The number of hydrogen-bond donors (Lipinski definition) is 0. The number of halogens is 2. The Morgan fingerprint density at radius 3 is 2.48 bits per heavy atom.